The molecule has 0 atom stereocenters. The maximum atomic E-state index is 13.0. The second-order valence-corrected chi connectivity index (χ2v) is 10.2. The van der Waals surface area contributed by atoms with E-state index in [1.165, 1.54) is 17.0 Å². The van der Waals surface area contributed by atoms with E-state index in [9.17, 15) is 21.6 Å². The first kappa shape index (κ1) is 21.7. The quantitative estimate of drug-likeness (QED) is 0.688. The van der Waals surface area contributed by atoms with Gasteiger partial charge in [-0.05, 0) is 32.0 Å². The van der Waals surface area contributed by atoms with Gasteiger partial charge in [0.05, 0.1) is 16.1 Å². The van der Waals surface area contributed by atoms with E-state index in [2.05, 4.69) is 5.10 Å². The molecule has 0 spiro atoms. The lowest BCUT2D eigenvalue weighted by Gasteiger charge is -2.17. The first-order valence-electron chi connectivity index (χ1n) is 7.72. The first-order valence-corrected chi connectivity index (χ1v) is 11.9. The number of nitrogens with zero attached hydrogens (tertiary/aromatic N) is 3. The number of hydrogen-bond acceptors (Lipinski definition) is 6. The molecular formula is C15H17Cl2N3O5S2. The molecule has 0 saturated heterocycles. The number of carbonyl (C=O) groups excluding carboxylic acids is 1. The standard InChI is InChI=1S/C15H17Cl2N3O5S2/c1-4-19(5-2)15(21)20-9-13(26(3,22)23)14(18-20)27(24,25)12-8-10(16)6-7-11(12)17/h6-9H,4-5H2,1-3H3. The predicted octanol–water partition coefficient (Wildman–Crippen LogP) is 2.74. The van der Waals surface area contributed by atoms with Gasteiger partial charge in [-0.1, -0.05) is 23.2 Å². The third-order valence-electron chi connectivity index (χ3n) is 3.72. The lowest BCUT2D eigenvalue weighted by molar-refractivity contribution is 0.201. The van der Waals surface area contributed by atoms with Crippen molar-refractivity contribution < 1.29 is 21.6 Å². The van der Waals surface area contributed by atoms with Gasteiger partial charge >= 0.3 is 6.03 Å². The molecular weight excluding hydrogens is 437 g/mol. The maximum absolute atomic E-state index is 13.0. The lowest BCUT2D eigenvalue weighted by atomic mass is 10.4. The van der Waals surface area contributed by atoms with Crippen molar-refractivity contribution in [3.8, 4) is 0 Å². The number of aromatic nitrogens is 2. The first-order chi connectivity index (χ1) is 12.4. The van der Waals surface area contributed by atoms with E-state index >= 15 is 0 Å². The summed E-state index contributed by atoms with van der Waals surface area (Å²) in [6, 6.07) is 3.11. The van der Waals surface area contributed by atoms with Crippen molar-refractivity contribution in [1.29, 1.82) is 0 Å². The van der Waals surface area contributed by atoms with Crippen molar-refractivity contribution in [2.75, 3.05) is 19.3 Å². The van der Waals surface area contributed by atoms with Crippen LogP contribution in [-0.4, -0.2) is 56.9 Å². The molecule has 1 amide bonds. The highest BCUT2D eigenvalue weighted by molar-refractivity contribution is 7.94. The number of hydrogen-bond donors (Lipinski definition) is 0. The van der Waals surface area contributed by atoms with Gasteiger partial charge in [0.2, 0.25) is 14.9 Å². The molecule has 2 rings (SSSR count). The monoisotopic (exact) mass is 453 g/mol. The Hall–Kier alpha value is -1.62. The summed E-state index contributed by atoms with van der Waals surface area (Å²) in [6.45, 7) is 4.13. The van der Waals surface area contributed by atoms with E-state index in [4.69, 9.17) is 23.2 Å². The summed E-state index contributed by atoms with van der Waals surface area (Å²) in [5, 5.41) is 2.93. The van der Waals surface area contributed by atoms with Gasteiger partial charge in [-0.2, -0.15) is 9.78 Å². The Morgan fingerprint density at radius 1 is 1.11 bits per heavy atom. The largest absolute Gasteiger partial charge is 0.344 e. The zero-order valence-electron chi connectivity index (χ0n) is 14.7. The minimum atomic E-state index is -4.46. The summed E-state index contributed by atoms with van der Waals surface area (Å²) in [6.07, 6.45) is 1.72. The topological polar surface area (TPSA) is 106 Å². The number of rotatable bonds is 5. The number of benzene rings is 1. The van der Waals surface area contributed by atoms with Crippen LogP contribution in [0, 0.1) is 0 Å². The minimum absolute atomic E-state index is 0.0949. The Kier molecular flexibility index (Phi) is 6.25. The molecule has 0 unspecified atom stereocenters. The van der Waals surface area contributed by atoms with Gasteiger partial charge in [-0.25, -0.2) is 21.6 Å². The van der Waals surface area contributed by atoms with Gasteiger partial charge in [0.25, 0.3) is 0 Å². The normalized spacial score (nSPS) is 12.2. The van der Waals surface area contributed by atoms with Gasteiger partial charge in [0.15, 0.2) is 9.84 Å². The van der Waals surface area contributed by atoms with Crippen LogP contribution < -0.4 is 0 Å². The van der Waals surface area contributed by atoms with Crippen LogP contribution in [0.25, 0.3) is 0 Å². The fourth-order valence-electron chi connectivity index (χ4n) is 2.31. The molecule has 1 heterocycles. The Labute approximate surface area is 167 Å². The van der Waals surface area contributed by atoms with Crippen molar-refractivity contribution in [2.45, 2.75) is 28.7 Å². The summed E-state index contributed by atoms with van der Waals surface area (Å²) in [5.41, 5.74) is 0. The van der Waals surface area contributed by atoms with E-state index in [1.54, 1.807) is 13.8 Å². The summed E-state index contributed by atoms with van der Waals surface area (Å²) < 4.78 is 51.0. The minimum Gasteiger partial charge on any atom is -0.323 e. The van der Waals surface area contributed by atoms with Crippen LogP contribution in [0.15, 0.2) is 39.2 Å². The fourth-order valence-corrected chi connectivity index (χ4v) is 5.73. The summed E-state index contributed by atoms with van der Waals surface area (Å²) in [4.78, 5) is 12.8. The van der Waals surface area contributed by atoms with Crippen LogP contribution >= 0.6 is 23.2 Å². The summed E-state index contributed by atoms with van der Waals surface area (Å²) in [7, 11) is -8.46. The molecule has 148 valence electrons. The molecule has 0 saturated carbocycles. The molecule has 0 aliphatic rings. The number of carbonyl (C=O) groups is 1. The number of halogens is 2. The average Bonchev–Trinajstić information content (AvgIpc) is 3.04. The van der Waals surface area contributed by atoms with Crippen LogP contribution in [0.1, 0.15) is 13.8 Å². The molecule has 0 aliphatic heterocycles. The second-order valence-electron chi connectivity index (χ2n) is 5.55. The third kappa shape index (κ3) is 4.29. The smallest absolute Gasteiger partial charge is 0.323 e. The highest BCUT2D eigenvalue weighted by atomic mass is 35.5. The van der Waals surface area contributed by atoms with E-state index in [-0.39, 0.29) is 10.0 Å². The number of sulfone groups is 2. The highest BCUT2D eigenvalue weighted by Crippen LogP contribution is 2.32. The molecule has 2 aromatic rings. The fraction of sp³-hybridized carbons (Fsp3) is 0.333. The third-order valence-corrected chi connectivity index (χ3v) is 7.35. The van der Waals surface area contributed by atoms with Gasteiger partial charge in [-0.15, -0.1) is 0 Å². The summed E-state index contributed by atoms with van der Waals surface area (Å²) in [5.74, 6) is 0. The molecule has 0 N–H and O–H groups in total. The molecule has 8 nitrogen and oxygen atoms in total. The van der Waals surface area contributed by atoms with Crippen LogP contribution in [0.2, 0.25) is 10.0 Å². The second kappa shape index (κ2) is 7.78. The molecule has 1 aromatic carbocycles. The molecule has 27 heavy (non-hydrogen) atoms. The van der Waals surface area contributed by atoms with E-state index in [1.807, 2.05) is 0 Å². The molecule has 0 aliphatic carbocycles. The van der Waals surface area contributed by atoms with E-state index in [0.717, 1.165) is 18.5 Å². The Morgan fingerprint density at radius 2 is 1.70 bits per heavy atom. The Balaban J connectivity index is 2.75. The van der Waals surface area contributed by atoms with Gasteiger partial charge in [-0.3, -0.25) is 0 Å². The Bertz CT molecular complexity index is 1090. The Morgan fingerprint density at radius 3 is 2.22 bits per heavy atom. The van der Waals surface area contributed by atoms with Gasteiger partial charge < -0.3 is 4.90 Å². The van der Waals surface area contributed by atoms with Crippen LogP contribution in [-0.2, 0) is 19.7 Å². The molecule has 12 heteroatoms. The van der Waals surface area contributed by atoms with E-state index in [0.29, 0.717) is 17.8 Å². The van der Waals surface area contributed by atoms with E-state index < -0.39 is 40.5 Å². The zero-order valence-corrected chi connectivity index (χ0v) is 17.8. The van der Waals surface area contributed by atoms with Crippen molar-refractivity contribution in [3.63, 3.8) is 0 Å². The molecule has 0 radical (unpaired) electrons. The van der Waals surface area contributed by atoms with Crippen molar-refractivity contribution in [2.24, 2.45) is 0 Å². The molecule has 1 aromatic heterocycles. The molecule has 0 bridgehead atoms. The van der Waals surface area contributed by atoms with Gasteiger partial charge in [0.1, 0.15) is 4.90 Å². The number of amides is 1. The van der Waals surface area contributed by atoms with Crippen molar-refractivity contribution >= 4 is 48.9 Å². The van der Waals surface area contributed by atoms with Crippen LogP contribution in [0.3, 0.4) is 0 Å². The van der Waals surface area contributed by atoms with Crippen molar-refractivity contribution in [1.82, 2.24) is 14.7 Å². The lowest BCUT2D eigenvalue weighted by Crippen LogP contribution is -2.34. The van der Waals surface area contributed by atoms with Crippen LogP contribution in [0.5, 0.6) is 0 Å². The average molecular weight is 454 g/mol. The predicted molar refractivity (Wildman–Crippen MR) is 101 cm³/mol. The van der Waals surface area contributed by atoms with Gasteiger partial charge in [0, 0.05) is 24.4 Å². The van der Waals surface area contributed by atoms with Crippen molar-refractivity contribution in [3.05, 3.63) is 34.4 Å². The zero-order chi connectivity index (χ0) is 20.6. The van der Waals surface area contributed by atoms with Crippen LogP contribution in [0.4, 0.5) is 4.79 Å². The maximum Gasteiger partial charge on any atom is 0.344 e. The highest BCUT2D eigenvalue weighted by Gasteiger charge is 2.33. The SMILES string of the molecule is CCN(CC)C(=O)n1cc(S(C)(=O)=O)c(S(=O)(=O)c2cc(Cl)ccc2Cl)n1. The summed E-state index contributed by atoms with van der Waals surface area (Å²) >= 11 is 11.8. The molecule has 0 fully saturated rings.